The number of hydrogen-bond donors (Lipinski definition) is 1. The number of thiophene rings is 1. The van der Waals surface area contributed by atoms with Gasteiger partial charge in [-0.25, -0.2) is 0 Å². The molecule has 2 heterocycles. The predicted octanol–water partition coefficient (Wildman–Crippen LogP) is 2.21. The minimum atomic E-state index is 0. The Morgan fingerprint density at radius 3 is 3.18 bits per heavy atom. The van der Waals surface area contributed by atoms with Crippen LogP contribution in [0.2, 0.25) is 0 Å². The van der Waals surface area contributed by atoms with Gasteiger partial charge in [-0.1, -0.05) is 0 Å². The first-order valence-electron chi connectivity index (χ1n) is 2.86. The second-order valence-electron chi connectivity index (χ2n) is 1.96. The lowest BCUT2D eigenvalue weighted by Gasteiger charge is -2.10. The van der Waals surface area contributed by atoms with E-state index in [4.69, 9.17) is 0 Å². The predicted molar refractivity (Wildman–Crippen MR) is 50.9 cm³/mol. The van der Waals surface area contributed by atoms with Crippen molar-refractivity contribution in [3.8, 4) is 0 Å². The third-order valence-electron chi connectivity index (χ3n) is 1.24. The zero-order valence-corrected chi connectivity index (χ0v) is 7.94. The molecule has 2 nitrogen and oxygen atoms in total. The SMILES string of the molecule is Cl.O=C1CSc2sccc2N1. The third kappa shape index (κ3) is 1.69. The number of carbonyl (C=O) groups is 1. The van der Waals surface area contributed by atoms with E-state index in [0.29, 0.717) is 5.75 Å². The zero-order valence-electron chi connectivity index (χ0n) is 5.49. The first kappa shape index (κ1) is 8.90. The van der Waals surface area contributed by atoms with Gasteiger partial charge in [0, 0.05) is 0 Å². The third-order valence-corrected chi connectivity index (χ3v) is 3.48. The molecule has 11 heavy (non-hydrogen) atoms. The van der Waals surface area contributed by atoms with Gasteiger partial charge in [-0.05, 0) is 11.4 Å². The van der Waals surface area contributed by atoms with Crippen LogP contribution in [0, 0.1) is 0 Å². The van der Waals surface area contributed by atoms with E-state index in [0.717, 1.165) is 5.69 Å². The molecule has 2 rings (SSSR count). The highest BCUT2D eigenvalue weighted by atomic mass is 35.5. The van der Waals surface area contributed by atoms with E-state index >= 15 is 0 Å². The first-order chi connectivity index (χ1) is 4.86. The number of hydrogen-bond acceptors (Lipinski definition) is 3. The van der Waals surface area contributed by atoms with Crippen molar-refractivity contribution >= 4 is 47.1 Å². The van der Waals surface area contributed by atoms with E-state index in [9.17, 15) is 4.79 Å². The second kappa shape index (κ2) is 3.47. The van der Waals surface area contributed by atoms with Crippen LogP contribution < -0.4 is 5.32 Å². The van der Waals surface area contributed by atoms with Gasteiger partial charge in [-0.15, -0.1) is 35.5 Å². The maximum atomic E-state index is 10.8. The fourth-order valence-corrected chi connectivity index (χ4v) is 2.62. The standard InChI is InChI=1S/C6H5NOS2.ClH/c8-5-3-10-6-4(7-5)1-2-9-6;/h1-2H,3H2,(H,7,8);1H. The fraction of sp³-hybridized carbons (Fsp3) is 0.167. The average molecular weight is 208 g/mol. The molecule has 0 aliphatic carbocycles. The molecule has 1 aromatic heterocycles. The van der Waals surface area contributed by atoms with Crippen LogP contribution in [0.15, 0.2) is 15.7 Å². The van der Waals surface area contributed by atoms with Gasteiger partial charge >= 0.3 is 0 Å². The molecule has 1 aliphatic rings. The van der Waals surface area contributed by atoms with E-state index in [1.54, 1.807) is 23.1 Å². The summed E-state index contributed by atoms with van der Waals surface area (Å²) in [6.45, 7) is 0. The topological polar surface area (TPSA) is 29.1 Å². The average Bonchev–Trinajstić information content (AvgIpc) is 2.33. The largest absolute Gasteiger partial charge is 0.324 e. The van der Waals surface area contributed by atoms with Crippen LogP contribution in [0.25, 0.3) is 0 Å². The molecule has 1 aromatic rings. The van der Waals surface area contributed by atoms with Crippen LogP contribution in [0.5, 0.6) is 0 Å². The van der Waals surface area contributed by atoms with Gasteiger partial charge in [-0.3, -0.25) is 4.79 Å². The lowest BCUT2D eigenvalue weighted by atomic mass is 10.5. The van der Waals surface area contributed by atoms with Gasteiger partial charge in [0.1, 0.15) is 0 Å². The van der Waals surface area contributed by atoms with E-state index in [1.807, 2.05) is 11.4 Å². The van der Waals surface area contributed by atoms with Crippen molar-refractivity contribution in [1.29, 1.82) is 0 Å². The number of carbonyl (C=O) groups excluding carboxylic acids is 1. The number of nitrogens with one attached hydrogen (secondary N) is 1. The smallest absolute Gasteiger partial charge is 0.234 e. The summed E-state index contributed by atoms with van der Waals surface area (Å²) in [7, 11) is 0. The Labute approximate surface area is 78.8 Å². The van der Waals surface area contributed by atoms with Crippen molar-refractivity contribution in [2.24, 2.45) is 0 Å². The maximum Gasteiger partial charge on any atom is 0.234 e. The van der Waals surface area contributed by atoms with Crippen molar-refractivity contribution in [3.63, 3.8) is 0 Å². The molecule has 1 amide bonds. The van der Waals surface area contributed by atoms with E-state index in [-0.39, 0.29) is 18.3 Å². The van der Waals surface area contributed by atoms with Crippen molar-refractivity contribution in [2.45, 2.75) is 4.21 Å². The van der Waals surface area contributed by atoms with Gasteiger partial charge in [0.2, 0.25) is 5.91 Å². The Hall–Kier alpha value is -0.190. The van der Waals surface area contributed by atoms with Gasteiger partial charge in [0.05, 0.1) is 15.6 Å². The molecule has 0 atom stereocenters. The van der Waals surface area contributed by atoms with Crippen LogP contribution in [0.4, 0.5) is 5.69 Å². The molecular formula is C6H6ClNOS2. The Morgan fingerprint density at radius 2 is 2.36 bits per heavy atom. The van der Waals surface area contributed by atoms with Gasteiger partial charge in [-0.2, -0.15) is 0 Å². The lowest BCUT2D eigenvalue weighted by Crippen LogP contribution is -2.17. The monoisotopic (exact) mass is 207 g/mol. The normalized spacial score (nSPS) is 14.7. The molecule has 0 aromatic carbocycles. The fourth-order valence-electron chi connectivity index (χ4n) is 0.817. The molecule has 0 saturated heterocycles. The summed E-state index contributed by atoms with van der Waals surface area (Å²) in [6, 6.07) is 1.93. The summed E-state index contributed by atoms with van der Waals surface area (Å²) >= 11 is 3.29. The lowest BCUT2D eigenvalue weighted by molar-refractivity contribution is -0.113. The molecular weight excluding hydrogens is 202 g/mol. The highest BCUT2D eigenvalue weighted by molar-refractivity contribution is 8.02. The number of thioether (sulfide) groups is 1. The molecule has 0 radical (unpaired) electrons. The zero-order chi connectivity index (χ0) is 6.97. The summed E-state index contributed by atoms with van der Waals surface area (Å²) in [6.07, 6.45) is 0. The van der Waals surface area contributed by atoms with Crippen LogP contribution in [-0.4, -0.2) is 11.7 Å². The summed E-state index contributed by atoms with van der Waals surface area (Å²) < 4.78 is 1.22. The van der Waals surface area contributed by atoms with Crippen molar-refractivity contribution in [2.75, 3.05) is 11.1 Å². The van der Waals surface area contributed by atoms with Crippen LogP contribution in [0.1, 0.15) is 0 Å². The van der Waals surface area contributed by atoms with E-state index in [2.05, 4.69) is 5.32 Å². The van der Waals surface area contributed by atoms with E-state index < -0.39 is 0 Å². The number of rotatable bonds is 0. The molecule has 1 aliphatic heterocycles. The van der Waals surface area contributed by atoms with Crippen molar-refractivity contribution < 1.29 is 4.79 Å². The molecule has 0 fully saturated rings. The highest BCUT2D eigenvalue weighted by Gasteiger charge is 2.15. The van der Waals surface area contributed by atoms with Crippen molar-refractivity contribution in [3.05, 3.63) is 11.4 Å². The number of fused-ring (bicyclic) bond motifs is 1. The summed E-state index contributed by atoms with van der Waals surface area (Å²) in [5, 5.41) is 4.78. The Morgan fingerprint density at radius 1 is 1.55 bits per heavy atom. The number of anilines is 1. The molecule has 0 unspecified atom stereocenters. The Kier molecular flexibility index (Phi) is 2.81. The summed E-state index contributed by atoms with van der Waals surface area (Å²) in [5.74, 6) is 0.670. The minimum absolute atomic E-state index is 0. The molecule has 0 saturated carbocycles. The van der Waals surface area contributed by atoms with Gasteiger partial charge in [0.15, 0.2) is 0 Å². The molecule has 0 spiro atoms. The first-order valence-corrected chi connectivity index (χ1v) is 4.73. The Bertz CT molecular complexity index is 273. The highest BCUT2D eigenvalue weighted by Crippen LogP contribution is 2.35. The van der Waals surface area contributed by atoms with Crippen molar-refractivity contribution in [1.82, 2.24) is 0 Å². The van der Waals surface area contributed by atoms with Crippen LogP contribution in [-0.2, 0) is 4.79 Å². The molecule has 5 heteroatoms. The molecule has 60 valence electrons. The number of amides is 1. The minimum Gasteiger partial charge on any atom is -0.324 e. The number of halogens is 1. The van der Waals surface area contributed by atoms with Gasteiger partial charge < -0.3 is 5.32 Å². The van der Waals surface area contributed by atoms with Crippen LogP contribution >= 0.6 is 35.5 Å². The Balaban J connectivity index is 0.000000605. The van der Waals surface area contributed by atoms with Gasteiger partial charge in [0.25, 0.3) is 0 Å². The summed E-state index contributed by atoms with van der Waals surface area (Å²) in [5.41, 5.74) is 0.978. The summed E-state index contributed by atoms with van der Waals surface area (Å²) in [4.78, 5) is 10.8. The second-order valence-corrected chi connectivity index (χ2v) is 4.12. The maximum absolute atomic E-state index is 10.8. The quantitative estimate of drug-likeness (QED) is 0.707. The van der Waals surface area contributed by atoms with E-state index in [1.165, 1.54) is 4.21 Å². The molecule has 0 bridgehead atoms. The molecule has 1 N–H and O–H groups in total. The van der Waals surface area contributed by atoms with Crippen LogP contribution in [0.3, 0.4) is 0 Å².